The molecule has 1 fully saturated rings. The Kier molecular flexibility index (Phi) is 4.14. The molecule has 0 amide bonds. The summed E-state index contributed by atoms with van der Waals surface area (Å²) in [6.07, 6.45) is 4.49. The van der Waals surface area contributed by atoms with Gasteiger partial charge in [0.1, 0.15) is 18.0 Å². The zero-order chi connectivity index (χ0) is 12.1. The van der Waals surface area contributed by atoms with Crippen LogP contribution in [0.4, 0.5) is 11.6 Å². The molecule has 94 valence electrons. The van der Waals surface area contributed by atoms with Crippen molar-refractivity contribution in [1.29, 1.82) is 0 Å². The van der Waals surface area contributed by atoms with Crippen molar-refractivity contribution in [3.05, 3.63) is 12.4 Å². The van der Waals surface area contributed by atoms with Gasteiger partial charge in [-0.2, -0.15) is 0 Å². The molecule has 0 aromatic carbocycles. The number of unbranched alkanes of at least 4 members (excludes halogenated alkanes) is 1. The quantitative estimate of drug-likeness (QED) is 0.754. The minimum atomic E-state index is -0.221. The fraction of sp³-hybridized carbons (Fsp3) is 0.667. The van der Waals surface area contributed by atoms with Crippen LogP contribution in [-0.4, -0.2) is 40.8 Å². The van der Waals surface area contributed by atoms with Crippen molar-refractivity contribution in [3.8, 4) is 0 Å². The Morgan fingerprint density at radius 1 is 1.53 bits per heavy atom. The summed E-state index contributed by atoms with van der Waals surface area (Å²) >= 11 is 0. The van der Waals surface area contributed by atoms with E-state index in [4.69, 9.17) is 0 Å². The van der Waals surface area contributed by atoms with E-state index >= 15 is 0 Å². The maximum Gasteiger partial charge on any atom is 0.134 e. The third-order valence-corrected chi connectivity index (χ3v) is 2.98. The summed E-state index contributed by atoms with van der Waals surface area (Å²) in [5.41, 5.74) is 0. The maximum atomic E-state index is 9.50. The summed E-state index contributed by atoms with van der Waals surface area (Å²) in [5, 5.41) is 12.8. The number of nitrogens with zero attached hydrogens (tertiary/aromatic N) is 3. The molecule has 5 heteroatoms. The van der Waals surface area contributed by atoms with Gasteiger partial charge in [0.15, 0.2) is 0 Å². The highest BCUT2D eigenvalue weighted by atomic mass is 16.3. The van der Waals surface area contributed by atoms with Crippen molar-refractivity contribution in [2.45, 2.75) is 32.3 Å². The number of aliphatic hydroxyl groups excluding tert-OH is 1. The molecule has 5 nitrogen and oxygen atoms in total. The van der Waals surface area contributed by atoms with Crippen LogP contribution in [0.2, 0.25) is 0 Å². The van der Waals surface area contributed by atoms with Gasteiger partial charge >= 0.3 is 0 Å². The van der Waals surface area contributed by atoms with Crippen LogP contribution >= 0.6 is 0 Å². The SMILES string of the molecule is CCCCNc1cc(N2CCC(O)C2)ncn1. The highest BCUT2D eigenvalue weighted by Crippen LogP contribution is 2.19. The van der Waals surface area contributed by atoms with Gasteiger partial charge < -0.3 is 15.3 Å². The molecular formula is C12H20N4O. The van der Waals surface area contributed by atoms with Crippen LogP contribution in [0.1, 0.15) is 26.2 Å². The molecule has 0 bridgehead atoms. The minimum absolute atomic E-state index is 0.221. The molecule has 17 heavy (non-hydrogen) atoms. The average Bonchev–Trinajstić information content (AvgIpc) is 2.77. The van der Waals surface area contributed by atoms with Gasteiger partial charge in [0.25, 0.3) is 0 Å². The molecule has 2 heterocycles. The lowest BCUT2D eigenvalue weighted by atomic mass is 10.3. The average molecular weight is 236 g/mol. The van der Waals surface area contributed by atoms with Crippen LogP contribution < -0.4 is 10.2 Å². The lowest BCUT2D eigenvalue weighted by Gasteiger charge is -2.16. The van der Waals surface area contributed by atoms with Crippen LogP contribution in [0.5, 0.6) is 0 Å². The predicted molar refractivity (Wildman–Crippen MR) is 68.3 cm³/mol. The first kappa shape index (κ1) is 12.1. The summed E-state index contributed by atoms with van der Waals surface area (Å²) < 4.78 is 0. The van der Waals surface area contributed by atoms with E-state index < -0.39 is 0 Å². The summed E-state index contributed by atoms with van der Waals surface area (Å²) in [5.74, 6) is 1.76. The monoisotopic (exact) mass is 236 g/mol. The Bertz CT molecular complexity index is 358. The van der Waals surface area contributed by atoms with Crippen molar-refractivity contribution >= 4 is 11.6 Å². The molecule has 0 radical (unpaired) electrons. The lowest BCUT2D eigenvalue weighted by Crippen LogP contribution is -2.22. The molecule has 1 aromatic rings. The Morgan fingerprint density at radius 3 is 3.12 bits per heavy atom. The predicted octanol–water partition coefficient (Wildman–Crippen LogP) is 1.26. The van der Waals surface area contributed by atoms with Gasteiger partial charge in [-0.15, -0.1) is 0 Å². The number of aromatic nitrogens is 2. The van der Waals surface area contributed by atoms with Gasteiger partial charge in [0, 0.05) is 25.7 Å². The summed E-state index contributed by atoms with van der Waals surface area (Å²) in [7, 11) is 0. The van der Waals surface area contributed by atoms with Crippen molar-refractivity contribution in [1.82, 2.24) is 9.97 Å². The molecule has 0 saturated carbocycles. The Morgan fingerprint density at radius 2 is 2.41 bits per heavy atom. The van der Waals surface area contributed by atoms with Gasteiger partial charge in [-0.25, -0.2) is 9.97 Å². The normalized spacial score (nSPS) is 19.6. The van der Waals surface area contributed by atoms with Gasteiger partial charge in [-0.3, -0.25) is 0 Å². The largest absolute Gasteiger partial charge is 0.391 e. The maximum absolute atomic E-state index is 9.50. The zero-order valence-corrected chi connectivity index (χ0v) is 10.3. The molecule has 1 unspecified atom stereocenters. The van der Waals surface area contributed by atoms with E-state index in [-0.39, 0.29) is 6.10 Å². The molecule has 1 atom stereocenters. The lowest BCUT2D eigenvalue weighted by molar-refractivity contribution is 0.198. The van der Waals surface area contributed by atoms with E-state index in [2.05, 4.69) is 27.1 Å². The Balaban J connectivity index is 1.96. The molecule has 1 saturated heterocycles. The van der Waals surface area contributed by atoms with E-state index in [9.17, 15) is 5.11 Å². The smallest absolute Gasteiger partial charge is 0.134 e. The van der Waals surface area contributed by atoms with Gasteiger partial charge in [0.05, 0.1) is 6.10 Å². The van der Waals surface area contributed by atoms with Crippen molar-refractivity contribution in [3.63, 3.8) is 0 Å². The number of rotatable bonds is 5. The zero-order valence-electron chi connectivity index (χ0n) is 10.3. The van der Waals surface area contributed by atoms with Gasteiger partial charge in [-0.05, 0) is 12.8 Å². The van der Waals surface area contributed by atoms with Crippen LogP contribution in [0.25, 0.3) is 0 Å². The third kappa shape index (κ3) is 3.30. The first-order chi connectivity index (χ1) is 8.29. The van der Waals surface area contributed by atoms with Gasteiger partial charge in [0.2, 0.25) is 0 Å². The molecule has 1 aliphatic rings. The topological polar surface area (TPSA) is 61.3 Å². The summed E-state index contributed by atoms with van der Waals surface area (Å²) in [6, 6.07) is 1.95. The van der Waals surface area contributed by atoms with E-state index in [1.807, 2.05) is 6.07 Å². The summed E-state index contributed by atoms with van der Waals surface area (Å²) in [6.45, 7) is 4.65. The van der Waals surface area contributed by atoms with E-state index in [0.29, 0.717) is 6.54 Å². The fourth-order valence-electron chi connectivity index (χ4n) is 1.96. The number of β-amino-alcohol motifs (C(OH)–C–C–N with tert-alkyl or cyclic N) is 1. The summed E-state index contributed by atoms with van der Waals surface area (Å²) in [4.78, 5) is 10.5. The van der Waals surface area contributed by atoms with Gasteiger partial charge in [-0.1, -0.05) is 13.3 Å². The molecule has 0 aliphatic carbocycles. The van der Waals surface area contributed by atoms with Crippen LogP contribution in [0, 0.1) is 0 Å². The minimum Gasteiger partial charge on any atom is -0.391 e. The highest BCUT2D eigenvalue weighted by molar-refractivity contribution is 5.49. The second-order valence-corrected chi connectivity index (χ2v) is 4.43. The van der Waals surface area contributed by atoms with Crippen LogP contribution in [0.15, 0.2) is 12.4 Å². The van der Waals surface area contributed by atoms with Crippen LogP contribution in [0.3, 0.4) is 0 Å². The molecular weight excluding hydrogens is 216 g/mol. The first-order valence-corrected chi connectivity index (χ1v) is 6.28. The van der Waals surface area contributed by atoms with E-state index in [0.717, 1.165) is 37.6 Å². The number of nitrogens with one attached hydrogen (secondary N) is 1. The number of anilines is 2. The molecule has 2 N–H and O–H groups in total. The van der Waals surface area contributed by atoms with Crippen molar-refractivity contribution in [2.24, 2.45) is 0 Å². The Labute approximate surface area is 102 Å². The van der Waals surface area contributed by atoms with E-state index in [1.165, 1.54) is 6.42 Å². The van der Waals surface area contributed by atoms with Crippen LogP contribution in [-0.2, 0) is 0 Å². The van der Waals surface area contributed by atoms with E-state index in [1.54, 1.807) is 6.33 Å². The number of aliphatic hydroxyl groups is 1. The molecule has 1 aromatic heterocycles. The molecule has 0 spiro atoms. The molecule has 1 aliphatic heterocycles. The van der Waals surface area contributed by atoms with Crippen molar-refractivity contribution in [2.75, 3.05) is 29.9 Å². The molecule has 2 rings (SSSR count). The standard InChI is InChI=1S/C12H20N4O/c1-2-3-5-13-11-7-12(15-9-14-11)16-6-4-10(17)8-16/h7,9-10,17H,2-6,8H2,1H3,(H,13,14,15). The third-order valence-electron chi connectivity index (χ3n) is 2.98. The highest BCUT2D eigenvalue weighted by Gasteiger charge is 2.21. The second-order valence-electron chi connectivity index (χ2n) is 4.43. The fourth-order valence-corrected chi connectivity index (χ4v) is 1.96. The number of hydrogen-bond donors (Lipinski definition) is 2. The number of hydrogen-bond acceptors (Lipinski definition) is 5. The second kappa shape index (κ2) is 5.82. The Hall–Kier alpha value is -1.36. The first-order valence-electron chi connectivity index (χ1n) is 6.28. The van der Waals surface area contributed by atoms with Crippen molar-refractivity contribution < 1.29 is 5.11 Å².